The lowest BCUT2D eigenvalue weighted by atomic mass is 10.0. The van der Waals surface area contributed by atoms with Gasteiger partial charge in [0.15, 0.2) is 0 Å². The minimum absolute atomic E-state index is 0.0111. The number of nitrogens with two attached hydrogens (primary N) is 1. The molecule has 2 rings (SSSR count). The van der Waals surface area contributed by atoms with E-state index < -0.39 is 11.8 Å². The summed E-state index contributed by atoms with van der Waals surface area (Å²) < 4.78 is 0. The van der Waals surface area contributed by atoms with Crippen LogP contribution in [0.3, 0.4) is 0 Å². The topological polar surface area (TPSA) is 117 Å². The molecular weight excluding hydrogens is 396 g/mol. The number of benzene rings is 1. The molecule has 9 nitrogen and oxygen atoms in total. The van der Waals surface area contributed by atoms with Crippen LogP contribution in [-0.2, 0) is 16.0 Å². The van der Waals surface area contributed by atoms with E-state index in [1.807, 2.05) is 41.1 Å². The number of hydrogen-bond acceptors (Lipinski definition) is 8. The molecule has 1 aliphatic heterocycles. The number of rotatable bonds is 6. The summed E-state index contributed by atoms with van der Waals surface area (Å²) in [4.78, 5) is 31.7. The normalized spacial score (nSPS) is 21.0. The predicted octanol–water partition coefficient (Wildman–Crippen LogP) is -0.162. The molecule has 0 bridgehead atoms. The smallest absolute Gasteiger partial charge is 0.317 e. The van der Waals surface area contributed by atoms with Crippen LogP contribution >= 0.6 is 0 Å². The lowest BCUT2D eigenvalue weighted by Gasteiger charge is -2.36. The Morgan fingerprint density at radius 3 is 2.29 bits per heavy atom. The number of carboxylic acid groups (broad SMARTS) is 1. The van der Waals surface area contributed by atoms with Gasteiger partial charge in [0.25, 0.3) is 0 Å². The van der Waals surface area contributed by atoms with E-state index in [0.717, 1.165) is 31.7 Å². The number of ketones is 1. The number of Topliss-reactive ketones (excluding diaryl/α,β-unsaturated/α-hetero) is 1. The average Bonchev–Trinajstić information content (AvgIpc) is 2.73. The second-order valence-corrected chi connectivity index (χ2v) is 8.34. The van der Waals surface area contributed by atoms with Crippen molar-refractivity contribution in [1.82, 2.24) is 19.6 Å². The van der Waals surface area contributed by atoms with Crippen molar-refractivity contribution in [1.29, 1.82) is 5.26 Å². The summed E-state index contributed by atoms with van der Waals surface area (Å²) in [5.74, 6) is -1.35. The van der Waals surface area contributed by atoms with Gasteiger partial charge in [0.2, 0.25) is 5.78 Å². The van der Waals surface area contributed by atoms with Crippen LogP contribution in [0.5, 0.6) is 0 Å². The summed E-state index contributed by atoms with van der Waals surface area (Å²) in [7, 11) is 4.11. The third-order valence-electron chi connectivity index (χ3n) is 5.68. The van der Waals surface area contributed by atoms with Gasteiger partial charge in [-0.25, -0.2) is 0 Å². The van der Waals surface area contributed by atoms with Crippen molar-refractivity contribution in [3.63, 3.8) is 0 Å². The Morgan fingerprint density at radius 1 is 1.03 bits per heavy atom. The van der Waals surface area contributed by atoms with Crippen molar-refractivity contribution < 1.29 is 14.7 Å². The molecule has 0 aromatic heterocycles. The van der Waals surface area contributed by atoms with E-state index in [9.17, 15) is 14.7 Å². The Balaban J connectivity index is 2.24. The molecule has 0 spiro atoms. The molecule has 1 fully saturated rings. The second-order valence-electron chi connectivity index (χ2n) is 8.34. The minimum atomic E-state index is -0.878. The molecule has 0 radical (unpaired) electrons. The van der Waals surface area contributed by atoms with E-state index in [1.165, 1.54) is 0 Å². The molecule has 0 amide bonds. The maximum absolute atomic E-state index is 11.7. The first kappa shape index (κ1) is 24.8. The number of carbonyl (C=O) groups excluding carboxylic acids is 1. The highest BCUT2D eigenvalue weighted by molar-refractivity contribution is 5.94. The predicted molar refractivity (Wildman–Crippen MR) is 120 cm³/mol. The first-order chi connectivity index (χ1) is 14.8. The molecule has 1 atom stereocenters. The SMILES string of the molecule is CN1CCN(C)CC(Cc2ccc(N)cc2)N(CC(=O)O)CCN(CC(=O)C#N)CC1. The van der Waals surface area contributed by atoms with Crippen molar-refractivity contribution in [3.05, 3.63) is 29.8 Å². The summed E-state index contributed by atoms with van der Waals surface area (Å²) >= 11 is 0. The first-order valence-corrected chi connectivity index (χ1v) is 10.6. The van der Waals surface area contributed by atoms with Crippen LogP contribution in [-0.4, -0.2) is 115 Å². The molecule has 1 unspecified atom stereocenters. The molecule has 3 N–H and O–H groups in total. The Bertz CT molecular complexity index is 764. The van der Waals surface area contributed by atoms with Crippen LogP contribution in [0.4, 0.5) is 5.69 Å². The highest BCUT2D eigenvalue weighted by Gasteiger charge is 2.25. The van der Waals surface area contributed by atoms with Gasteiger partial charge in [0, 0.05) is 57.5 Å². The fourth-order valence-electron chi connectivity index (χ4n) is 3.79. The summed E-state index contributed by atoms with van der Waals surface area (Å²) in [6.45, 7) is 4.89. The van der Waals surface area contributed by atoms with Gasteiger partial charge in [-0.2, -0.15) is 5.26 Å². The van der Waals surface area contributed by atoms with Crippen LogP contribution in [0.15, 0.2) is 24.3 Å². The van der Waals surface area contributed by atoms with E-state index in [-0.39, 0.29) is 19.1 Å². The Kier molecular flexibility index (Phi) is 9.88. The summed E-state index contributed by atoms with van der Waals surface area (Å²) in [6, 6.07) is 9.36. The van der Waals surface area contributed by atoms with Gasteiger partial charge in [-0.3, -0.25) is 19.4 Å². The second kappa shape index (κ2) is 12.4. The molecule has 1 saturated heterocycles. The average molecular weight is 431 g/mol. The molecule has 0 aliphatic carbocycles. The third-order valence-corrected chi connectivity index (χ3v) is 5.68. The fraction of sp³-hybridized carbons (Fsp3) is 0.591. The molecule has 0 saturated carbocycles. The number of nitriles is 1. The number of carbonyl (C=O) groups is 2. The Morgan fingerprint density at radius 2 is 1.65 bits per heavy atom. The lowest BCUT2D eigenvalue weighted by Crippen LogP contribution is -2.51. The highest BCUT2D eigenvalue weighted by Crippen LogP contribution is 2.14. The van der Waals surface area contributed by atoms with Crippen LogP contribution in [0, 0.1) is 11.3 Å². The van der Waals surface area contributed by atoms with Crippen molar-refractivity contribution in [2.24, 2.45) is 0 Å². The molecule has 1 aromatic carbocycles. The maximum atomic E-state index is 11.7. The van der Waals surface area contributed by atoms with E-state index in [0.29, 0.717) is 31.7 Å². The van der Waals surface area contributed by atoms with E-state index in [4.69, 9.17) is 11.0 Å². The molecule has 9 heteroatoms. The Labute approximate surface area is 184 Å². The van der Waals surface area contributed by atoms with E-state index in [1.54, 1.807) is 6.07 Å². The standard InChI is InChI=1S/C22H34N6O3/c1-25-7-8-26(2)15-20(13-18-3-5-19(24)6-4-18)28(17-22(30)31)12-11-27(10-9-25)16-21(29)14-23/h3-6,20H,7-13,15-17,24H2,1-2H3,(H,30,31). The lowest BCUT2D eigenvalue weighted by molar-refractivity contribution is -0.139. The van der Waals surface area contributed by atoms with Crippen LogP contribution < -0.4 is 5.73 Å². The van der Waals surface area contributed by atoms with Gasteiger partial charge < -0.3 is 20.6 Å². The zero-order valence-corrected chi connectivity index (χ0v) is 18.5. The van der Waals surface area contributed by atoms with Crippen molar-refractivity contribution in [2.45, 2.75) is 12.5 Å². The van der Waals surface area contributed by atoms with Crippen LogP contribution in [0.2, 0.25) is 0 Å². The van der Waals surface area contributed by atoms with Gasteiger partial charge in [-0.1, -0.05) is 12.1 Å². The number of aliphatic carboxylic acids is 1. The summed E-state index contributed by atoms with van der Waals surface area (Å²) in [5.41, 5.74) is 7.61. The number of carboxylic acids is 1. The zero-order chi connectivity index (χ0) is 22.8. The number of anilines is 1. The van der Waals surface area contributed by atoms with Gasteiger partial charge >= 0.3 is 5.97 Å². The van der Waals surface area contributed by atoms with E-state index >= 15 is 0 Å². The molecular formula is C22H34N6O3. The third kappa shape index (κ3) is 9.02. The quantitative estimate of drug-likeness (QED) is 0.469. The number of likely N-dealkylation sites (N-methyl/N-ethyl adjacent to an activating group) is 2. The fourth-order valence-corrected chi connectivity index (χ4v) is 3.79. The number of nitrogen functional groups attached to an aromatic ring is 1. The summed E-state index contributed by atoms with van der Waals surface area (Å²) in [5, 5.41) is 18.4. The van der Waals surface area contributed by atoms with Gasteiger partial charge in [0.1, 0.15) is 6.07 Å². The molecule has 1 aromatic rings. The Hall–Kier alpha value is -2.51. The van der Waals surface area contributed by atoms with Crippen molar-refractivity contribution in [2.75, 3.05) is 78.7 Å². The van der Waals surface area contributed by atoms with Crippen LogP contribution in [0.25, 0.3) is 0 Å². The first-order valence-electron chi connectivity index (χ1n) is 10.6. The minimum Gasteiger partial charge on any atom is -0.480 e. The zero-order valence-electron chi connectivity index (χ0n) is 18.5. The van der Waals surface area contributed by atoms with Gasteiger partial charge in [-0.15, -0.1) is 0 Å². The molecule has 170 valence electrons. The van der Waals surface area contributed by atoms with Crippen molar-refractivity contribution >= 4 is 17.4 Å². The number of nitrogens with zero attached hydrogens (tertiary/aromatic N) is 5. The molecule has 1 heterocycles. The van der Waals surface area contributed by atoms with Gasteiger partial charge in [0.05, 0.1) is 13.1 Å². The van der Waals surface area contributed by atoms with Gasteiger partial charge in [-0.05, 0) is 38.2 Å². The van der Waals surface area contributed by atoms with E-state index in [2.05, 4.69) is 16.8 Å². The molecule has 31 heavy (non-hydrogen) atoms. The van der Waals surface area contributed by atoms with Crippen molar-refractivity contribution in [3.8, 4) is 6.07 Å². The highest BCUT2D eigenvalue weighted by atomic mass is 16.4. The van der Waals surface area contributed by atoms with Crippen LogP contribution in [0.1, 0.15) is 5.56 Å². The monoisotopic (exact) mass is 430 g/mol. The largest absolute Gasteiger partial charge is 0.480 e. The summed E-state index contributed by atoms with van der Waals surface area (Å²) in [6.07, 6.45) is 0.699. The number of hydrogen-bond donors (Lipinski definition) is 2. The molecule has 1 aliphatic rings. The maximum Gasteiger partial charge on any atom is 0.317 e.